The number of nitrogens with one attached hydrogen (secondary N) is 2. The summed E-state index contributed by atoms with van der Waals surface area (Å²) in [5, 5.41) is 6.88. The van der Waals surface area contributed by atoms with Crippen LogP contribution < -0.4 is 20.2 Å². The van der Waals surface area contributed by atoms with Crippen molar-refractivity contribution < 1.29 is 19.1 Å². The lowest BCUT2D eigenvalue weighted by molar-refractivity contribution is -0.114. The molecule has 0 saturated carbocycles. The molecule has 0 aliphatic heterocycles. The van der Waals surface area contributed by atoms with Crippen LogP contribution in [0.25, 0.3) is 0 Å². The second-order valence-electron chi connectivity index (χ2n) is 5.71. The Morgan fingerprint density at radius 1 is 1.24 bits per heavy atom. The number of hydrogen-bond donors (Lipinski definition) is 2. The Balaban J connectivity index is 2.08. The summed E-state index contributed by atoms with van der Waals surface area (Å²) in [5.41, 5.74) is 4.02. The molecule has 2 aromatic rings. The van der Waals surface area contributed by atoms with Crippen molar-refractivity contribution in [3.05, 3.63) is 52.5 Å². The van der Waals surface area contributed by atoms with Crippen molar-refractivity contribution in [2.75, 3.05) is 18.5 Å². The number of hydrazone groups is 1. The van der Waals surface area contributed by atoms with E-state index in [9.17, 15) is 9.59 Å². The first-order chi connectivity index (χ1) is 13.9. The molecule has 0 unspecified atom stereocenters. The van der Waals surface area contributed by atoms with Gasteiger partial charge in [-0.2, -0.15) is 5.10 Å². The Hall–Kier alpha value is -3.50. The molecule has 0 spiro atoms. The number of rotatable bonds is 8. The monoisotopic (exact) mass is 413 g/mol. The van der Waals surface area contributed by atoms with Gasteiger partial charge in [0.2, 0.25) is 5.91 Å². The molecule has 0 radical (unpaired) electrons. The number of terminal acetylenes is 1. The van der Waals surface area contributed by atoms with E-state index in [1.807, 2.05) is 6.92 Å². The number of ether oxygens (including phenoxy) is 2. The normalized spacial score (nSPS) is 10.3. The number of nitrogens with zero attached hydrogens (tertiary/aromatic N) is 1. The minimum absolute atomic E-state index is 0.0595. The van der Waals surface area contributed by atoms with Gasteiger partial charge in [-0.3, -0.25) is 9.59 Å². The van der Waals surface area contributed by atoms with Gasteiger partial charge in [-0.15, -0.1) is 6.42 Å². The van der Waals surface area contributed by atoms with Gasteiger partial charge in [-0.25, -0.2) is 5.43 Å². The highest BCUT2D eigenvalue weighted by atomic mass is 35.5. The number of benzene rings is 2. The number of carbonyl (C=O) groups is 2. The highest BCUT2D eigenvalue weighted by molar-refractivity contribution is 6.32. The molecule has 0 aliphatic rings. The topological polar surface area (TPSA) is 89.0 Å². The zero-order valence-corrected chi connectivity index (χ0v) is 16.7. The van der Waals surface area contributed by atoms with E-state index in [0.29, 0.717) is 39.9 Å². The van der Waals surface area contributed by atoms with Crippen molar-refractivity contribution >= 4 is 35.3 Å². The average Bonchev–Trinajstić information content (AvgIpc) is 2.67. The Bertz CT molecular complexity index is 950. The molecule has 2 N–H and O–H groups in total. The SMILES string of the molecule is C#CCOc1c(Cl)cc(C=NNC(=O)c2ccc(NC(C)=O)cc2)cc1OCC. The Kier molecular flexibility index (Phi) is 8.07. The molecule has 2 rings (SSSR count). The predicted molar refractivity (Wildman–Crippen MR) is 113 cm³/mol. The maximum absolute atomic E-state index is 12.2. The van der Waals surface area contributed by atoms with Crippen molar-refractivity contribution in [2.45, 2.75) is 13.8 Å². The number of hydrogen-bond acceptors (Lipinski definition) is 5. The Labute approximate surface area is 174 Å². The fourth-order valence-corrected chi connectivity index (χ4v) is 2.59. The molecule has 0 atom stereocenters. The van der Waals surface area contributed by atoms with E-state index in [-0.39, 0.29) is 12.5 Å². The molecule has 0 saturated heterocycles. The zero-order chi connectivity index (χ0) is 21.2. The van der Waals surface area contributed by atoms with Gasteiger partial charge in [-0.05, 0) is 48.9 Å². The zero-order valence-electron chi connectivity index (χ0n) is 16.0. The molecule has 150 valence electrons. The van der Waals surface area contributed by atoms with Crippen LogP contribution in [-0.4, -0.2) is 31.2 Å². The molecular weight excluding hydrogens is 394 g/mol. The lowest BCUT2D eigenvalue weighted by Crippen LogP contribution is -2.17. The van der Waals surface area contributed by atoms with E-state index < -0.39 is 5.91 Å². The largest absolute Gasteiger partial charge is 0.490 e. The van der Waals surface area contributed by atoms with Gasteiger partial charge in [0.1, 0.15) is 6.61 Å². The maximum Gasteiger partial charge on any atom is 0.271 e. The second-order valence-corrected chi connectivity index (χ2v) is 6.12. The lowest BCUT2D eigenvalue weighted by atomic mass is 10.2. The molecule has 0 fully saturated rings. The van der Waals surface area contributed by atoms with Crippen molar-refractivity contribution in [2.24, 2.45) is 5.10 Å². The van der Waals surface area contributed by atoms with Crippen molar-refractivity contribution in [1.82, 2.24) is 5.43 Å². The van der Waals surface area contributed by atoms with Crippen LogP contribution in [0.15, 0.2) is 41.5 Å². The average molecular weight is 414 g/mol. The summed E-state index contributed by atoms with van der Waals surface area (Å²) in [6.45, 7) is 3.71. The standard InChI is InChI=1S/C21H20ClN3O4/c1-4-10-29-20-18(22)11-15(12-19(20)28-5-2)13-23-25-21(27)16-6-8-17(9-7-16)24-14(3)26/h1,6-9,11-13H,5,10H2,2-3H3,(H,24,26)(H,25,27). The first kappa shape index (κ1) is 21.8. The van der Waals surface area contributed by atoms with Gasteiger partial charge in [0, 0.05) is 18.2 Å². The van der Waals surface area contributed by atoms with Crippen LogP contribution >= 0.6 is 11.6 Å². The van der Waals surface area contributed by atoms with Crippen molar-refractivity contribution in [3.63, 3.8) is 0 Å². The second kappa shape index (κ2) is 10.7. The fourth-order valence-electron chi connectivity index (χ4n) is 2.32. The van der Waals surface area contributed by atoms with Crippen LogP contribution in [0.5, 0.6) is 11.5 Å². The molecular formula is C21H20ClN3O4. The summed E-state index contributed by atoms with van der Waals surface area (Å²) in [4.78, 5) is 23.2. The third-order valence-corrected chi connectivity index (χ3v) is 3.76. The molecule has 0 aliphatic carbocycles. The summed E-state index contributed by atoms with van der Waals surface area (Å²) in [5.74, 6) is 2.56. The highest BCUT2D eigenvalue weighted by Crippen LogP contribution is 2.36. The molecule has 0 bridgehead atoms. The van der Waals surface area contributed by atoms with E-state index >= 15 is 0 Å². The van der Waals surface area contributed by atoms with Gasteiger partial charge >= 0.3 is 0 Å². The molecule has 29 heavy (non-hydrogen) atoms. The van der Waals surface area contributed by atoms with E-state index in [1.54, 1.807) is 36.4 Å². The summed E-state index contributed by atoms with van der Waals surface area (Å²) in [6, 6.07) is 9.72. The van der Waals surface area contributed by atoms with E-state index in [1.165, 1.54) is 13.1 Å². The highest BCUT2D eigenvalue weighted by Gasteiger charge is 2.12. The van der Waals surface area contributed by atoms with E-state index in [2.05, 4.69) is 21.8 Å². The van der Waals surface area contributed by atoms with Crippen molar-refractivity contribution in [1.29, 1.82) is 0 Å². The first-order valence-corrected chi connectivity index (χ1v) is 9.06. The summed E-state index contributed by atoms with van der Waals surface area (Å²) >= 11 is 6.24. The molecule has 0 aromatic heterocycles. The Morgan fingerprint density at radius 2 is 1.97 bits per heavy atom. The third kappa shape index (κ3) is 6.55. The minimum atomic E-state index is -0.402. The van der Waals surface area contributed by atoms with Gasteiger partial charge < -0.3 is 14.8 Å². The summed E-state index contributed by atoms with van der Waals surface area (Å²) in [7, 11) is 0. The summed E-state index contributed by atoms with van der Waals surface area (Å²) in [6.07, 6.45) is 6.65. The first-order valence-electron chi connectivity index (χ1n) is 8.68. The van der Waals surface area contributed by atoms with Gasteiger partial charge in [0.05, 0.1) is 17.8 Å². The van der Waals surface area contributed by atoms with E-state index in [0.717, 1.165) is 0 Å². The molecule has 7 nitrogen and oxygen atoms in total. The summed E-state index contributed by atoms with van der Waals surface area (Å²) < 4.78 is 11.0. The quantitative estimate of drug-likeness (QED) is 0.394. The lowest BCUT2D eigenvalue weighted by Gasteiger charge is -2.12. The number of carbonyl (C=O) groups excluding carboxylic acids is 2. The van der Waals surface area contributed by atoms with Crippen LogP contribution in [0.3, 0.4) is 0 Å². The van der Waals surface area contributed by atoms with Crippen LogP contribution in [-0.2, 0) is 4.79 Å². The van der Waals surface area contributed by atoms with Crippen LogP contribution in [0.1, 0.15) is 29.8 Å². The van der Waals surface area contributed by atoms with Gasteiger partial charge in [0.25, 0.3) is 5.91 Å². The number of anilines is 1. The number of amides is 2. The van der Waals surface area contributed by atoms with Gasteiger partial charge in [-0.1, -0.05) is 17.5 Å². The van der Waals surface area contributed by atoms with Gasteiger partial charge in [0.15, 0.2) is 11.5 Å². The maximum atomic E-state index is 12.2. The molecule has 8 heteroatoms. The minimum Gasteiger partial charge on any atom is -0.490 e. The predicted octanol–water partition coefficient (Wildman–Crippen LogP) is 3.47. The molecule has 2 aromatic carbocycles. The number of halogens is 1. The van der Waals surface area contributed by atoms with Crippen LogP contribution in [0.2, 0.25) is 5.02 Å². The Morgan fingerprint density at radius 3 is 2.59 bits per heavy atom. The van der Waals surface area contributed by atoms with E-state index in [4.69, 9.17) is 27.5 Å². The molecule has 0 heterocycles. The van der Waals surface area contributed by atoms with Crippen LogP contribution in [0, 0.1) is 12.3 Å². The third-order valence-electron chi connectivity index (χ3n) is 3.48. The fraction of sp³-hybridized carbons (Fsp3) is 0.190. The smallest absolute Gasteiger partial charge is 0.271 e. The van der Waals surface area contributed by atoms with Crippen LogP contribution in [0.4, 0.5) is 5.69 Å². The molecule has 2 amide bonds. The van der Waals surface area contributed by atoms with Crippen molar-refractivity contribution in [3.8, 4) is 23.8 Å².